The summed E-state index contributed by atoms with van der Waals surface area (Å²) in [6.45, 7) is 1.80. The molecule has 3 N–H and O–H groups in total. The molecule has 0 saturated heterocycles. The number of nitrogens with zero attached hydrogens (tertiary/aromatic N) is 3. The van der Waals surface area contributed by atoms with Crippen molar-refractivity contribution in [3.8, 4) is 0 Å². The number of hydrogen-bond acceptors (Lipinski definition) is 7. The summed E-state index contributed by atoms with van der Waals surface area (Å²) in [5.41, 5.74) is 6.20. The summed E-state index contributed by atoms with van der Waals surface area (Å²) in [6.07, 6.45) is 0. The smallest absolute Gasteiger partial charge is 0.272 e. The van der Waals surface area contributed by atoms with Gasteiger partial charge in [0.1, 0.15) is 5.01 Å². The van der Waals surface area contributed by atoms with Crippen LogP contribution in [0, 0.1) is 17.0 Å². The summed E-state index contributed by atoms with van der Waals surface area (Å²) in [5.74, 6) is -0.336. The predicted molar refractivity (Wildman–Crippen MR) is 73.3 cm³/mol. The molecule has 0 atom stereocenters. The third-order valence-corrected chi connectivity index (χ3v) is 3.29. The minimum absolute atomic E-state index is 0.0153. The van der Waals surface area contributed by atoms with Crippen LogP contribution in [0.1, 0.15) is 20.9 Å². The summed E-state index contributed by atoms with van der Waals surface area (Å²) in [5, 5.41) is 21.7. The van der Waals surface area contributed by atoms with Gasteiger partial charge in [0.25, 0.3) is 11.6 Å². The highest BCUT2D eigenvalue weighted by atomic mass is 32.1. The molecule has 8 nitrogen and oxygen atoms in total. The Kier molecular flexibility index (Phi) is 3.89. The molecule has 0 fully saturated rings. The number of carbonyl (C=O) groups is 1. The van der Waals surface area contributed by atoms with E-state index in [0.717, 1.165) is 0 Å². The normalized spacial score (nSPS) is 10.2. The van der Waals surface area contributed by atoms with Crippen molar-refractivity contribution in [2.75, 3.05) is 5.73 Å². The number of nitro benzene ring substituents is 1. The second kappa shape index (κ2) is 5.61. The Morgan fingerprint density at radius 2 is 2.25 bits per heavy atom. The number of amides is 1. The molecule has 1 aromatic heterocycles. The second-order valence-electron chi connectivity index (χ2n) is 3.98. The van der Waals surface area contributed by atoms with Gasteiger partial charge in [0.15, 0.2) is 0 Å². The molecule has 0 bridgehead atoms. The van der Waals surface area contributed by atoms with Gasteiger partial charge in [-0.05, 0) is 19.1 Å². The first-order valence-corrected chi connectivity index (χ1v) is 6.40. The molecular weight excluding hydrogens is 282 g/mol. The lowest BCUT2D eigenvalue weighted by Gasteiger charge is -2.04. The maximum absolute atomic E-state index is 11.9. The van der Waals surface area contributed by atoms with E-state index in [9.17, 15) is 14.9 Å². The van der Waals surface area contributed by atoms with Crippen LogP contribution in [0.25, 0.3) is 0 Å². The number of nitrogens with two attached hydrogens (primary N) is 1. The van der Waals surface area contributed by atoms with Crippen LogP contribution in [-0.2, 0) is 6.54 Å². The molecule has 104 valence electrons. The lowest BCUT2D eigenvalue weighted by Crippen LogP contribution is -2.22. The van der Waals surface area contributed by atoms with Gasteiger partial charge in [-0.2, -0.15) is 0 Å². The maximum atomic E-state index is 11.9. The third kappa shape index (κ3) is 3.06. The topological polar surface area (TPSA) is 124 Å². The molecule has 0 saturated carbocycles. The van der Waals surface area contributed by atoms with Gasteiger partial charge in [-0.25, -0.2) is 0 Å². The summed E-state index contributed by atoms with van der Waals surface area (Å²) in [6, 6.07) is 4.20. The predicted octanol–water partition coefficient (Wildman–Crippen LogP) is 1.27. The van der Waals surface area contributed by atoms with Crippen molar-refractivity contribution in [3.63, 3.8) is 0 Å². The van der Waals surface area contributed by atoms with E-state index in [1.807, 2.05) is 0 Å². The molecule has 2 aromatic rings. The van der Waals surface area contributed by atoms with E-state index in [1.165, 1.54) is 29.5 Å². The Morgan fingerprint density at radius 3 is 2.80 bits per heavy atom. The van der Waals surface area contributed by atoms with Gasteiger partial charge in [0.2, 0.25) is 5.13 Å². The number of benzene rings is 1. The Hall–Kier alpha value is -2.55. The van der Waals surface area contributed by atoms with E-state index >= 15 is 0 Å². The fourth-order valence-corrected chi connectivity index (χ4v) is 2.15. The van der Waals surface area contributed by atoms with Crippen LogP contribution in [-0.4, -0.2) is 21.0 Å². The summed E-state index contributed by atoms with van der Waals surface area (Å²) in [4.78, 5) is 22.1. The molecule has 2 rings (SSSR count). The maximum Gasteiger partial charge on any atom is 0.272 e. The molecule has 0 unspecified atom stereocenters. The van der Waals surface area contributed by atoms with E-state index in [4.69, 9.17) is 5.73 Å². The molecule has 1 aromatic carbocycles. The molecule has 0 aliphatic carbocycles. The number of carbonyl (C=O) groups excluding carboxylic acids is 1. The largest absolute Gasteiger partial charge is 0.374 e. The number of aromatic nitrogens is 2. The average molecular weight is 293 g/mol. The lowest BCUT2D eigenvalue weighted by molar-refractivity contribution is -0.385. The summed E-state index contributed by atoms with van der Waals surface area (Å²) >= 11 is 1.19. The van der Waals surface area contributed by atoms with Crippen LogP contribution in [0.15, 0.2) is 18.2 Å². The van der Waals surface area contributed by atoms with Gasteiger partial charge in [-0.15, -0.1) is 10.2 Å². The van der Waals surface area contributed by atoms with Gasteiger partial charge in [0.05, 0.1) is 11.5 Å². The average Bonchev–Trinajstić information content (AvgIpc) is 2.81. The van der Waals surface area contributed by atoms with Gasteiger partial charge < -0.3 is 11.1 Å². The number of nitro groups is 1. The first kappa shape index (κ1) is 13.9. The Bertz CT molecular complexity index is 670. The van der Waals surface area contributed by atoms with E-state index in [-0.39, 0.29) is 18.1 Å². The highest BCUT2D eigenvalue weighted by molar-refractivity contribution is 7.15. The first-order valence-electron chi connectivity index (χ1n) is 5.58. The van der Waals surface area contributed by atoms with Crippen LogP contribution in [0.5, 0.6) is 0 Å². The standard InChI is InChI=1S/C11H11N5O3S/c1-6-4-7(2-3-8(6)16(18)19)10(17)13-5-9-14-15-11(12)20-9/h2-4H,5H2,1H3,(H2,12,15)(H,13,17). The fourth-order valence-electron chi connectivity index (χ4n) is 1.60. The van der Waals surface area contributed by atoms with Crippen LogP contribution in [0.2, 0.25) is 0 Å². The first-order chi connectivity index (χ1) is 9.47. The van der Waals surface area contributed by atoms with Crippen LogP contribution in [0.4, 0.5) is 10.8 Å². The number of rotatable bonds is 4. The minimum Gasteiger partial charge on any atom is -0.374 e. The van der Waals surface area contributed by atoms with Crippen LogP contribution < -0.4 is 11.1 Å². The van der Waals surface area contributed by atoms with Crippen molar-refractivity contribution in [2.24, 2.45) is 0 Å². The van der Waals surface area contributed by atoms with Crippen molar-refractivity contribution in [2.45, 2.75) is 13.5 Å². The molecule has 9 heteroatoms. The highest BCUT2D eigenvalue weighted by Crippen LogP contribution is 2.19. The van der Waals surface area contributed by atoms with E-state index < -0.39 is 4.92 Å². The zero-order chi connectivity index (χ0) is 14.7. The van der Waals surface area contributed by atoms with E-state index in [1.54, 1.807) is 6.92 Å². The number of hydrogen-bond donors (Lipinski definition) is 2. The fraction of sp³-hybridized carbons (Fsp3) is 0.182. The SMILES string of the molecule is Cc1cc(C(=O)NCc2nnc(N)s2)ccc1[N+](=O)[O-]. The third-order valence-electron chi connectivity index (χ3n) is 2.54. The Balaban J connectivity index is 2.06. The van der Waals surface area contributed by atoms with Gasteiger partial charge in [-0.1, -0.05) is 11.3 Å². The molecule has 0 radical (unpaired) electrons. The number of nitrogens with one attached hydrogen (secondary N) is 1. The minimum atomic E-state index is -0.485. The van der Waals surface area contributed by atoms with Crippen molar-refractivity contribution in [1.29, 1.82) is 0 Å². The molecule has 20 heavy (non-hydrogen) atoms. The van der Waals surface area contributed by atoms with Gasteiger partial charge in [0, 0.05) is 17.2 Å². The molecule has 0 aliphatic rings. The Morgan fingerprint density at radius 1 is 1.50 bits per heavy atom. The van der Waals surface area contributed by atoms with Crippen molar-refractivity contribution >= 4 is 28.1 Å². The van der Waals surface area contributed by atoms with E-state index in [0.29, 0.717) is 21.3 Å². The zero-order valence-electron chi connectivity index (χ0n) is 10.5. The zero-order valence-corrected chi connectivity index (χ0v) is 11.3. The second-order valence-corrected chi connectivity index (χ2v) is 5.07. The number of aryl methyl sites for hydroxylation is 1. The Labute approximate surface area is 117 Å². The summed E-state index contributed by atoms with van der Waals surface area (Å²) < 4.78 is 0. The monoisotopic (exact) mass is 293 g/mol. The molecule has 1 amide bonds. The van der Waals surface area contributed by atoms with Crippen molar-refractivity contribution < 1.29 is 9.72 Å². The van der Waals surface area contributed by atoms with Crippen molar-refractivity contribution in [3.05, 3.63) is 44.4 Å². The quantitative estimate of drug-likeness (QED) is 0.646. The van der Waals surface area contributed by atoms with Gasteiger partial charge in [-0.3, -0.25) is 14.9 Å². The summed E-state index contributed by atoms with van der Waals surface area (Å²) in [7, 11) is 0. The lowest BCUT2D eigenvalue weighted by atomic mass is 10.1. The number of nitrogen functional groups attached to an aromatic ring is 1. The molecule has 0 spiro atoms. The van der Waals surface area contributed by atoms with Crippen LogP contribution in [0.3, 0.4) is 0 Å². The van der Waals surface area contributed by atoms with E-state index in [2.05, 4.69) is 15.5 Å². The van der Waals surface area contributed by atoms with Gasteiger partial charge >= 0.3 is 0 Å². The van der Waals surface area contributed by atoms with Crippen LogP contribution >= 0.6 is 11.3 Å². The highest BCUT2D eigenvalue weighted by Gasteiger charge is 2.14. The molecule has 0 aliphatic heterocycles. The van der Waals surface area contributed by atoms with Crippen molar-refractivity contribution in [1.82, 2.24) is 15.5 Å². The molecular formula is C11H11N5O3S. The number of anilines is 1. The molecule has 1 heterocycles.